The number of benzene rings is 1. The Bertz CT molecular complexity index is 798. The van der Waals surface area contributed by atoms with Gasteiger partial charge in [-0.15, -0.1) is 0 Å². The maximum absolute atomic E-state index is 11.7. The van der Waals surface area contributed by atoms with Gasteiger partial charge in [0.05, 0.1) is 13.4 Å². The number of methoxy groups -OCH3 is 1. The average Bonchev–Trinajstić information content (AvgIpc) is 2.74. The van der Waals surface area contributed by atoms with Crippen LogP contribution in [0.25, 0.3) is 0 Å². The topological polar surface area (TPSA) is 77.5 Å². The van der Waals surface area contributed by atoms with Crippen LogP contribution in [0.5, 0.6) is 5.75 Å². The quantitative estimate of drug-likeness (QED) is 0.564. The van der Waals surface area contributed by atoms with Gasteiger partial charge in [-0.1, -0.05) is 6.07 Å². The summed E-state index contributed by atoms with van der Waals surface area (Å²) in [6.45, 7) is 5.74. The van der Waals surface area contributed by atoms with Crippen LogP contribution in [-0.4, -0.2) is 89.8 Å². The molecule has 8 nitrogen and oxygen atoms in total. The van der Waals surface area contributed by atoms with E-state index in [1.807, 2.05) is 19.2 Å². The van der Waals surface area contributed by atoms with E-state index < -0.39 is 10.0 Å². The number of guanidine groups is 1. The molecule has 0 unspecified atom stereocenters. The van der Waals surface area contributed by atoms with Gasteiger partial charge in [0, 0.05) is 64.6 Å². The minimum atomic E-state index is -3.07. The average molecular weight is 424 g/mol. The van der Waals surface area contributed by atoms with Crippen molar-refractivity contribution in [1.82, 2.24) is 14.5 Å². The first kappa shape index (κ1) is 21.7. The number of ether oxygens (including phenoxy) is 1. The highest BCUT2D eigenvalue weighted by Gasteiger charge is 2.26. The molecular formula is C20H33N5O3S. The largest absolute Gasteiger partial charge is 0.497 e. The number of piperazine rings is 1. The van der Waals surface area contributed by atoms with Crippen LogP contribution in [0.3, 0.4) is 0 Å². The van der Waals surface area contributed by atoms with Crippen LogP contribution in [0, 0.1) is 5.92 Å². The molecule has 0 saturated carbocycles. The zero-order valence-corrected chi connectivity index (χ0v) is 18.5. The van der Waals surface area contributed by atoms with Crippen molar-refractivity contribution < 1.29 is 13.2 Å². The van der Waals surface area contributed by atoms with E-state index >= 15 is 0 Å². The first-order valence-corrected chi connectivity index (χ1v) is 12.0. The number of nitrogens with one attached hydrogen (secondary N) is 1. The Morgan fingerprint density at radius 3 is 2.45 bits per heavy atom. The normalized spacial score (nSPS) is 20.0. The van der Waals surface area contributed by atoms with Crippen molar-refractivity contribution in [2.45, 2.75) is 12.8 Å². The highest BCUT2D eigenvalue weighted by molar-refractivity contribution is 7.88. The van der Waals surface area contributed by atoms with Gasteiger partial charge < -0.3 is 19.9 Å². The maximum Gasteiger partial charge on any atom is 0.211 e. The molecule has 2 aliphatic rings. The highest BCUT2D eigenvalue weighted by Crippen LogP contribution is 2.22. The summed E-state index contributed by atoms with van der Waals surface area (Å²) in [6, 6.07) is 8.18. The first-order valence-electron chi connectivity index (χ1n) is 10.2. The lowest BCUT2D eigenvalue weighted by Gasteiger charge is -2.38. The van der Waals surface area contributed by atoms with Crippen LogP contribution in [0.1, 0.15) is 12.8 Å². The van der Waals surface area contributed by atoms with Gasteiger partial charge in [0.1, 0.15) is 5.75 Å². The second-order valence-corrected chi connectivity index (χ2v) is 9.69. The zero-order valence-electron chi connectivity index (χ0n) is 17.7. The third-order valence-electron chi connectivity index (χ3n) is 5.80. The smallest absolute Gasteiger partial charge is 0.211 e. The van der Waals surface area contributed by atoms with Gasteiger partial charge in [0.2, 0.25) is 10.0 Å². The number of piperidine rings is 1. The molecule has 0 radical (unpaired) electrons. The van der Waals surface area contributed by atoms with Gasteiger partial charge in [-0.05, 0) is 30.9 Å². The molecule has 29 heavy (non-hydrogen) atoms. The lowest BCUT2D eigenvalue weighted by molar-refractivity contribution is 0.271. The number of aliphatic imine (C=N–C) groups is 1. The fourth-order valence-electron chi connectivity index (χ4n) is 4.00. The minimum absolute atomic E-state index is 0.475. The van der Waals surface area contributed by atoms with Crippen LogP contribution in [0.4, 0.5) is 5.69 Å². The third-order valence-corrected chi connectivity index (χ3v) is 7.10. The molecule has 0 spiro atoms. The molecule has 0 atom stereocenters. The molecule has 2 fully saturated rings. The highest BCUT2D eigenvalue weighted by atomic mass is 32.2. The Balaban J connectivity index is 1.46. The molecule has 0 aromatic heterocycles. The summed E-state index contributed by atoms with van der Waals surface area (Å²) in [5, 5.41) is 3.50. The molecule has 2 aliphatic heterocycles. The molecule has 0 bridgehead atoms. The SMILES string of the molecule is CN=C(NCC1CCN(S(C)(=O)=O)CC1)N1CCN(c2cccc(OC)c2)CC1. The minimum Gasteiger partial charge on any atom is -0.497 e. The van der Waals surface area contributed by atoms with Crippen molar-refractivity contribution in [3.05, 3.63) is 24.3 Å². The molecule has 9 heteroatoms. The molecule has 2 heterocycles. The molecule has 3 rings (SSSR count). The Morgan fingerprint density at radius 1 is 1.17 bits per heavy atom. The van der Waals surface area contributed by atoms with Gasteiger partial charge in [0.25, 0.3) is 0 Å². The number of nitrogens with zero attached hydrogens (tertiary/aromatic N) is 4. The van der Waals surface area contributed by atoms with Gasteiger partial charge in [-0.3, -0.25) is 4.99 Å². The van der Waals surface area contributed by atoms with Gasteiger partial charge >= 0.3 is 0 Å². The van der Waals surface area contributed by atoms with Crippen molar-refractivity contribution in [2.75, 3.05) is 71.1 Å². The molecule has 1 N–H and O–H groups in total. The first-order chi connectivity index (χ1) is 13.9. The summed E-state index contributed by atoms with van der Waals surface area (Å²) >= 11 is 0. The number of anilines is 1. The van der Waals surface area contributed by atoms with Crippen LogP contribution in [0.15, 0.2) is 29.3 Å². The fourth-order valence-corrected chi connectivity index (χ4v) is 4.87. The third kappa shape index (κ3) is 5.76. The fraction of sp³-hybridized carbons (Fsp3) is 0.650. The van der Waals surface area contributed by atoms with E-state index in [4.69, 9.17) is 4.74 Å². The van der Waals surface area contributed by atoms with Crippen molar-refractivity contribution in [3.63, 3.8) is 0 Å². The van der Waals surface area contributed by atoms with E-state index in [9.17, 15) is 8.42 Å². The molecule has 0 amide bonds. The Labute approximate surface area is 174 Å². The van der Waals surface area contributed by atoms with Crippen LogP contribution in [0.2, 0.25) is 0 Å². The molecule has 1 aromatic carbocycles. The Kier molecular flexibility index (Phi) is 7.23. The van der Waals surface area contributed by atoms with Crippen LogP contribution in [-0.2, 0) is 10.0 Å². The summed E-state index contributed by atoms with van der Waals surface area (Å²) in [5.41, 5.74) is 1.18. The van der Waals surface area contributed by atoms with Crippen molar-refractivity contribution in [3.8, 4) is 5.75 Å². The van der Waals surface area contributed by atoms with Crippen LogP contribution >= 0.6 is 0 Å². The van der Waals surface area contributed by atoms with E-state index in [-0.39, 0.29) is 0 Å². The molecule has 2 saturated heterocycles. The van der Waals surface area contributed by atoms with Gasteiger partial charge in [-0.2, -0.15) is 0 Å². The Morgan fingerprint density at radius 2 is 1.86 bits per heavy atom. The lowest BCUT2D eigenvalue weighted by Crippen LogP contribution is -2.53. The van der Waals surface area contributed by atoms with Crippen molar-refractivity contribution in [1.29, 1.82) is 0 Å². The second kappa shape index (κ2) is 9.67. The second-order valence-electron chi connectivity index (χ2n) is 7.71. The van der Waals surface area contributed by atoms with Crippen molar-refractivity contribution in [2.24, 2.45) is 10.9 Å². The van der Waals surface area contributed by atoms with Gasteiger partial charge in [0.15, 0.2) is 5.96 Å². The summed E-state index contributed by atoms with van der Waals surface area (Å²) in [6.07, 6.45) is 3.07. The van der Waals surface area contributed by atoms with E-state index in [0.29, 0.717) is 19.0 Å². The maximum atomic E-state index is 11.7. The van der Waals surface area contributed by atoms with E-state index in [0.717, 1.165) is 57.3 Å². The predicted molar refractivity (Wildman–Crippen MR) is 117 cm³/mol. The summed E-state index contributed by atoms with van der Waals surface area (Å²) in [4.78, 5) is 9.12. The number of rotatable bonds is 5. The van der Waals surface area contributed by atoms with E-state index in [1.54, 1.807) is 11.4 Å². The summed E-state index contributed by atoms with van der Waals surface area (Å²) in [7, 11) is 0.448. The standard InChI is InChI=1S/C20H33N5O3S/c1-21-20(22-16-17-7-9-25(10-8-17)29(3,26)27)24-13-11-23(12-14-24)18-5-4-6-19(15-18)28-2/h4-6,15,17H,7-14,16H2,1-3H3,(H,21,22). The number of hydrogen-bond acceptors (Lipinski definition) is 5. The zero-order chi connectivity index (χ0) is 20.9. The Hall–Kier alpha value is -2.00. The molecule has 1 aromatic rings. The molecule has 0 aliphatic carbocycles. The van der Waals surface area contributed by atoms with Crippen molar-refractivity contribution >= 4 is 21.7 Å². The van der Waals surface area contributed by atoms with Gasteiger partial charge in [-0.25, -0.2) is 12.7 Å². The molecule has 162 valence electrons. The lowest BCUT2D eigenvalue weighted by atomic mass is 9.98. The number of sulfonamides is 1. The summed E-state index contributed by atoms with van der Waals surface area (Å²) in [5.74, 6) is 2.29. The van der Waals surface area contributed by atoms with E-state index in [2.05, 4.69) is 32.2 Å². The monoisotopic (exact) mass is 423 g/mol. The van der Waals surface area contributed by atoms with E-state index in [1.165, 1.54) is 11.9 Å². The van der Waals surface area contributed by atoms with Crippen LogP contribution < -0.4 is 15.0 Å². The predicted octanol–water partition coefficient (Wildman–Crippen LogP) is 1.06. The summed E-state index contributed by atoms with van der Waals surface area (Å²) < 4.78 is 30.2. The number of hydrogen-bond donors (Lipinski definition) is 1. The molecular weight excluding hydrogens is 390 g/mol.